The summed E-state index contributed by atoms with van der Waals surface area (Å²) in [6.07, 6.45) is 0.944. The number of H-pyrrole nitrogens is 1. The maximum atomic E-state index is 5.70. The third-order valence-corrected chi connectivity index (χ3v) is 4.38. The largest absolute Gasteiger partial charge is 0.333 e. The standard InChI is InChI=1S/C16H15ClN2S/c17-8-9-20-16-18-14-7-6-13(11-15(14)19-16)10-12-4-2-1-3-5-12/h1-7,11H,8-10H2,(H,18,19). The van der Waals surface area contributed by atoms with E-state index >= 15 is 0 Å². The Morgan fingerprint density at radius 1 is 1.05 bits per heavy atom. The minimum absolute atomic E-state index is 0.640. The van der Waals surface area contributed by atoms with Gasteiger partial charge in [0.1, 0.15) is 0 Å². The molecule has 2 aromatic carbocycles. The van der Waals surface area contributed by atoms with E-state index in [2.05, 4.69) is 52.4 Å². The van der Waals surface area contributed by atoms with Crippen LogP contribution in [0.5, 0.6) is 0 Å². The highest BCUT2D eigenvalue weighted by Crippen LogP contribution is 2.21. The van der Waals surface area contributed by atoms with Gasteiger partial charge in [-0.2, -0.15) is 0 Å². The van der Waals surface area contributed by atoms with Crippen LogP contribution in [0.2, 0.25) is 0 Å². The molecule has 20 heavy (non-hydrogen) atoms. The zero-order chi connectivity index (χ0) is 13.8. The first-order chi connectivity index (χ1) is 9.85. The van der Waals surface area contributed by atoms with Crippen LogP contribution in [-0.2, 0) is 6.42 Å². The SMILES string of the molecule is ClCCSc1nc2ccc(Cc3ccccc3)cc2[nH]1. The lowest BCUT2D eigenvalue weighted by Gasteiger charge is -2.01. The fraction of sp³-hybridized carbons (Fsp3) is 0.188. The van der Waals surface area contributed by atoms with Crippen molar-refractivity contribution >= 4 is 34.4 Å². The molecule has 0 saturated carbocycles. The van der Waals surface area contributed by atoms with Gasteiger partial charge in [-0.15, -0.1) is 11.6 Å². The van der Waals surface area contributed by atoms with Gasteiger partial charge in [0, 0.05) is 11.6 Å². The molecule has 1 N–H and O–H groups in total. The number of fused-ring (bicyclic) bond motifs is 1. The van der Waals surface area contributed by atoms with Crippen molar-refractivity contribution in [1.82, 2.24) is 9.97 Å². The Bertz CT molecular complexity index is 694. The Hall–Kier alpha value is -1.45. The molecule has 0 aliphatic rings. The Morgan fingerprint density at radius 3 is 2.70 bits per heavy atom. The lowest BCUT2D eigenvalue weighted by atomic mass is 10.0. The molecular formula is C16H15ClN2S. The van der Waals surface area contributed by atoms with Crippen molar-refractivity contribution in [3.8, 4) is 0 Å². The van der Waals surface area contributed by atoms with E-state index in [0.717, 1.165) is 28.4 Å². The number of aromatic amines is 1. The lowest BCUT2D eigenvalue weighted by Crippen LogP contribution is -1.87. The van der Waals surface area contributed by atoms with E-state index in [0.29, 0.717) is 5.88 Å². The van der Waals surface area contributed by atoms with Crippen molar-refractivity contribution in [3.63, 3.8) is 0 Å². The molecule has 102 valence electrons. The summed E-state index contributed by atoms with van der Waals surface area (Å²) in [5.74, 6) is 1.51. The van der Waals surface area contributed by atoms with Gasteiger partial charge in [-0.25, -0.2) is 4.98 Å². The van der Waals surface area contributed by atoms with Gasteiger partial charge in [0.15, 0.2) is 5.16 Å². The van der Waals surface area contributed by atoms with Gasteiger partial charge in [0.05, 0.1) is 11.0 Å². The van der Waals surface area contributed by atoms with Crippen LogP contribution in [0.15, 0.2) is 53.7 Å². The number of thioether (sulfide) groups is 1. The molecule has 0 aliphatic heterocycles. The first kappa shape index (κ1) is 13.5. The summed E-state index contributed by atoms with van der Waals surface area (Å²) in [4.78, 5) is 7.90. The van der Waals surface area contributed by atoms with Crippen molar-refractivity contribution in [2.45, 2.75) is 11.6 Å². The second-order valence-electron chi connectivity index (χ2n) is 4.59. The van der Waals surface area contributed by atoms with Crippen LogP contribution < -0.4 is 0 Å². The molecule has 3 aromatic rings. The van der Waals surface area contributed by atoms with Crippen molar-refractivity contribution in [2.24, 2.45) is 0 Å². The zero-order valence-electron chi connectivity index (χ0n) is 11.0. The molecule has 1 heterocycles. The van der Waals surface area contributed by atoms with Crippen LogP contribution in [0.1, 0.15) is 11.1 Å². The Labute approximate surface area is 127 Å². The second kappa shape index (κ2) is 6.33. The number of aromatic nitrogens is 2. The van der Waals surface area contributed by atoms with Gasteiger partial charge in [0.25, 0.3) is 0 Å². The van der Waals surface area contributed by atoms with E-state index in [-0.39, 0.29) is 0 Å². The van der Waals surface area contributed by atoms with Crippen LogP contribution >= 0.6 is 23.4 Å². The molecule has 0 atom stereocenters. The molecule has 0 amide bonds. The molecule has 0 radical (unpaired) electrons. The van der Waals surface area contributed by atoms with E-state index in [1.807, 2.05) is 6.07 Å². The first-order valence-electron chi connectivity index (χ1n) is 6.56. The van der Waals surface area contributed by atoms with Gasteiger partial charge < -0.3 is 4.98 Å². The number of benzene rings is 2. The van der Waals surface area contributed by atoms with Gasteiger partial charge in [-0.1, -0.05) is 48.2 Å². The second-order valence-corrected chi connectivity index (χ2v) is 6.05. The molecule has 0 spiro atoms. The molecule has 3 rings (SSSR count). The minimum Gasteiger partial charge on any atom is -0.333 e. The average Bonchev–Trinajstić information content (AvgIpc) is 2.88. The first-order valence-corrected chi connectivity index (χ1v) is 8.08. The summed E-state index contributed by atoms with van der Waals surface area (Å²) in [5.41, 5.74) is 4.72. The van der Waals surface area contributed by atoms with E-state index < -0.39 is 0 Å². The molecule has 1 aromatic heterocycles. The van der Waals surface area contributed by atoms with Crippen LogP contribution in [-0.4, -0.2) is 21.6 Å². The summed E-state index contributed by atoms with van der Waals surface area (Å²) < 4.78 is 0. The maximum Gasteiger partial charge on any atom is 0.166 e. The fourth-order valence-corrected chi connectivity index (χ4v) is 3.03. The number of rotatable bonds is 5. The zero-order valence-corrected chi connectivity index (χ0v) is 12.5. The van der Waals surface area contributed by atoms with Gasteiger partial charge in [0.2, 0.25) is 0 Å². The van der Waals surface area contributed by atoms with Gasteiger partial charge in [-0.05, 0) is 29.7 Å². The van der Waals surface area contributed by atoms with Crippen LogP contribution in [0.25, 0.3) is 11.0 Å². The number of imidazole rings is 1. The minimum atomic E-state index is 0.640. The van der Waals surface area contributed by atoms with Crippen LogP contribution in [0, 0.1) is 0 Å². The van der Waals surface area contributed by atoms with E-state index in [4.69, 9.17) is 11.6 Å². The molecule has 0 fully saturated rings. The third kappa shape index (κ3) is 3.17. The molecule has 0 aliphatic carbocycles. The summed E-state index contributed by atoms with van der Waals surface area (Å²) in [7, 11) is 0. The molecular weight excluding hydrogens is 288 g/mol. The predicted molar refractivity (Wildman–Crippen MR) is 86.8 cm³/mol. The van der Waals surface area contributed by atoms with Crippen LogP contribution in [0.4, 0.5) is 0 Å². The normalized spacial score (nSPS) is 11.1. The maximum absolute atomic E-state index is 5.70. The van der Waals surface area contributed by atoms with E-state index in [9.17, 15) is 0 Å². The monoisotopic (exact) mass is 302 g/mol. The third-order valence-electron chi connectivity index (χ3n) is 3.09. The molecule has 2 nitrogen and oxygen atoms in total. The average molecular weight is 303 g/mol. The van der Waals surface area contributed by atoms with Crippen LogP contribution in [0.3, 0.4) is 0 Å². The van der Waals surface area contributed by atoms with Crippen molar-refractivity contribution in [1.29, 1.82) is 0 Å². The van der Waals surface area contributed by atoms with Crippen molar-refractivity contribution in [3.05, 3.63) is 59.7 Å². The van der Waals surface area contributed by atoms with E-state index in [1.165, 1.54) is 11.1 Å². The Balaban J connectivity index is 1.83. The number of alkyl halides is 1. The summed E-state index contributed by atoms with van der Waals surface area (Å²) >= 11 is 7.36. The molecule has 4 heteroatoms. The van der Waals surface area contributed by atoms with Crippen molar-refractivity contribution < 1.29 is 0 Å². The summed E-state index contributed by atoms with van der Waals surface area (Å²) in [6.45, 7) is 0. The highest BCUT2D eigenvalue weighted by Gasteiger charge is 2.04. The summed E-state index contributed by atoms with van der Waals surface area (Å²) in [6, 6.07) is 16.9. The number of halogens is 1. The van der Waals surface area contributed by atoms with Crippen molar-refractivity contribution in [2.75, 3.05) is 11.6 Å². The highest BCUT2D eigenvalue weighted by molar-refractivity contribution is 7.99. The Morgan fingerprint density at radius 2 is 1.90 bits per heavy atom. The number of hydrogen-bond acceptors (Lipinski definition) is 2. The fourth-order valence-electron chi connectivity index (χ4n) is 2.18. The predicted octanol–water partition coefficient (Wildman–Crippen LogP) is 4.48. The molecule has 0 unspecified atom stereocenters. The van der Waals surface area contributed by atoms with Gasteiger partial charge in [-0.3, -0.25) is 0 Å². The quantitative estimate of drug-likeness (QED) is 0.556. The number of nitrogens with zero attached hydrogens (tertiary/aromatic N) is 1. The smallest absolute Gasteiger partial charge is 0.166 e. The Kier molecular flexibility index (Phi) is 4.28. The van der Waals surface area contributed by atoms with Gasteiger partial charge >= 0.3 is 0 Å². The highest BCUT2D eigenvalue weighted by atomic mass is 35.5. The summed E-state index contributed by atoms with van der Waals surface area (Å²) in [5, 5.41) is 0.942. The number of nitrogens with one attached hydrogen (secondary N) is 1. The molecule has 0 saturated heterocycles. The van der Waals surface area contributed by atoms with E-state index in [1.54, 1.807) is 11.8 Å². The lowest BCUT2D eigenvalue weighted by molar-refractivity contribution is 1.08. The topological polar surface area (TPSA) is 28.7 Å². The number of hydrogen-bond donors (Lipinski definition) is 1. The molecule has 0 bridgehead atoms.